The van der Waals surface area contributed by atoms with Crippen molar-refractivity contribution in [3.63, 3.8) is 0 Å². The summed E-state index contributed by atoms with van der Waals surface area (Å²) in [6.45, 7) is 8.87. The summed E-state index contributed by atoms with van der Waals surface area (Å²) in [6, 6.07) is 5.33. The number of aryl methyl sites for hydroxylation is 1. The van der Waals surface area contributed by atoms with Crippen molar-refractivity contribution in [1.29, 1.82) is 0 Å². The van der Waals surface area contributed by atoms with Gasteiger partial charge in [0.1, 0.15) is 5.82 Å². The first-order chi connectivity index (χ1) is 11.6. The average Bonchev–Trinajstić information content (AvgIpc) is 2.58. The van der Waals surface area contributed by atoms with Gasteiger partial charge in [-0.25, -0.2) is 4.39 Å². The van der Waals surface area contributed by atoms with Crippen LogP contribution >= 0.6 is 24.0 Å². The third-order valence-corrected chi connectivity index (χ3v) is 4.15. The molecule has 2 N–H and O–H groups in total. The molecule has 1 aromatic carbocycles. The molecule has 0 spiro atoms. The molecular weight excluding hydrogens is 432 g/mol. The van der Waals surface area contributed by atoms with Crippen LogP contribution in [0.4, 0.5) is 4.39 Å². The molecule has 1 atom stereocenters. The number of ether oxygens (including phenoxy) is 1. The molecule has 0 aromatic heterocycles. The molecule has 0 radical (unpaired) electrons. The Morgan fingerprint density at radius 3 is 2.84 bits per heavy atom. The van der Waals surface area contributed by atoms with E-state index in [1.807, 2.05) is 26.0 Å². The SMILES string of the molecule is CCNC(=NCCC1=CCOCC1)NC(C)c1ccc(C)c(F)c1.I. The highest BCUT2D eigenvalue weighted by atomic mass is 127. The minimum Gasteiger partial charge on any atom is -0.377 e. The van der Waals surface area contributed by atoms with Crippen molar-refractivity contribution in [2.75, 3.05) is 26.3 Å². The van der Waals surface area contributed by atoms with Crippen molar-refractivity contribution in [2.24, 2.45) is 4.99 Å². The number of rotatable bonds is 6. The van der Waals surface area contributed by atoms with Crippen LogP contribution < -0.4 is 10.6 Å². The summed E-state index contributed by atoms with van der Waals surface area (Å²) >= 11 is 0. The smallest absolute Gasteiger partial charge is 0.191 e. The largest absolute Gasteiger partial charge is 0.377 e. The van der Waals surface area contributed by atoms with E-state index >= 15 is 0 Å². The van der Waals surface area contributed by atoms with Gasteiger partial charge < -0.3 is 15.4 Å². The van der Waals surface area contributed by atoms with E-state index in [1.165, 1.54) is 5.57 Å². The first kappa shape index (κ1) is 21.9. The number of hydrogen-bond acceptors (Lipinski definition) is 2. The monoisotopic (exact) mass is 461 g/mol. The van der Waals surface area contributed by atoms with Gasteiger partial charge in [0.25, 0.3) is 0 Å². The molecule has 2 rings (SSSR count). The van der Waals surface area contributed by atoms with Crippen LogP contribution in [0.2, 0.25) is 0 Å². The molecule has 0 fully saturated rings. The lowest BCUT2D eigenvalue weighted by Gasteiger charge is -2.19. The van der Waals surface area contributed by atoms with Crippen LogP contribution in [0.5, 0.6) is 0 Å². The van der Waals surface area contributed by atoms with Gasteiger partial charge in [0, 0.05) is 13.1 Å². The summed E-state index contributed by atoms with van der Waals surface area (Å²) < 4.78 is 19.1. The second kappa shape index (κ2) is 11.5. The lowest BCUT2D eigenvalue weighted by atomic mass is 10.1. The van der Waals surface area contributed by atoms with Gasteiger partial charge in [-0.05, 0) is 50.8 Å². The molecular formula is C19H29FIN3O. The summed E-state index contributed by atoms with van der Waals surface area (Å²) in [5, 5.41) is 6.59. The number of guanidine groups is 1. The van der Waals surface area contributed by atoms with E-state index in [0.29, 0.717) is 12.2 Å². The molecule has 1 aromatic rings. The molecule has 25 heavy (non-hydrogen) atoms. The number of nitrogens with one attached hydrogen (secondary N) is 2. The summed E-state index contributed by atoms with van der Waals surface area (Å²) in [6.07, 6.45) is 4.10. The van der Waals surface area contributed by atoms with Crippen LogP contribution in [-0.2, 0) is 4.74 Å². The second-order valence-corrected chi connectivity index (χ2v) is 6.07. The Morgan fingerprint density at radius 2 is 2.20 bits per heavy atom. The summed E-state index contributed by atoms with van der Waals surface area (Å²) in [7, 11) is 0. The lowest BCUT2D eigenvalue weighted by molar-refractivity contribution is 0.153. The van der Waals surface area contributed by atoms with E-state index in [0.717, 1.165) is 44.1 Å². The molecule has 6 heteroatoms. The zero-order valence-corrected chi connectivity index (χ0v) is 17.6. The second-order valence-electron chi connectivity index (χ2n) is 6.07. The van der Waals surface area contributed by atoms with Gasteiger partial charge in [0.2, 0.25) is 0 Å². The van der Waals surface area contributed by atoms with Gasteiger partial charge in [-0.2, -0.15) is 0 Å². The first-order valence-corrected chi connectivity index (χ1v) is 8.66. The zero-order chi connectivity index (χ0) is 17.4. The maximum Gasteiger partial charge on any atom is 0.191 e. The Hall–Kier alpha value is -1.15. The third-order valence-electron chi connectivity index (χ3n) is 4.15. The average molecular weight is 461 g/mol. The van der Waals surface area contributed by atoms with Gasteiger partial charge in [-0.3, -0.25) is 4.99 Å². The van der Waals surface area contributed by atoms with Gasteiger partial charge in [-0.1, -0.05) is 23.8 Å². The Kier molecular flexibility index (Phi) is 10.0. The fraction of sp³-hybridized carbons (Fsp3) is 0.526. The van der Waals surface area contributed by atoms with Crippen molar-refractivity contribution in [3.8, 4) is 0 Å². The molecule has 0 saturated heterocycles. The fourth-order valence-electron chi connectivity index (χ4n) is 2.59. The highest BCUT2D eigenvalue weighted by Gasteiger charge is 2.10. The molecule has 4 nitrogen and oxygen atoms in total. The van der Waals surface area contributed by atoms with Crippen LogP contribution in [0.25, 0.3) is 0 Å². The van der Waals surface area contributed by atoms with E-state index in [4.69, 9.17) is 4.74 Å². The van der Waals surface area contributed by atoms with E-state index in [9.17, 15) is 4.39 Å². The van der Waals surface area contributed by atoms with Crippen molar-refractivity contribution < 1.29 is 9.13 Å². The van der Waals surface area contributed by atoms with Crippen LogP contribution in [0.15, 0.2) is 34.8 Å². The topological polar surface area (TPSA) is 45.7 Å². The number of benzene rings is 1. The molecule has 0 saturated carbocycles. The summed E-state index contributed by atoms with van der Waals surface area (Å²) in [4.78, 5) is 4.63. The van der Waals surface area contributed by atoms with E-state index in [1.54, 1.807) is 13.0 Å². The van der Waals surface area contributed by atoms with E-state index < -0.39 is 0 Å². The molecule has 140 valence electrons. The minimum absolute atomic E-state index is 0. The molecule has 1 unspecified atom stereocenters. The lowest BCUT2D eigenvalue weighted by Crippen LogP contribution is -2.38. The minimum atomic E-state index is -0.172. The highest BCUT2D eigenvalue weighted by molar-refractivity contribution is 14.0. The molecule has 1 heterocycles. The number of hydrogen-bond donors (Lipinski definition) is 2. The summed E-state index contributed by atoms with van der Waals surface area (Å²) in [5.41, 5.74) is 2.99. The maximum absolute atomic E-state index is 13.7. The van der Waals surface area contributed by atoms with Gasteiger partial charge in [0.05, 0.1) is 19.3 Å². The maximum atomic E-state index is 13.7. The molecule has 1 aliphatic heterocycles. The Morgan fingerprint density at radius 1 is 1.40 bits per heavy atom. The summed E-state index contributed by atoms with van der Waals surface area (Å²) in [5.74, 6) is 0.591. The van der Waals surface area contributed by atoms with Crippen molar-refractivity contribution >= 4 is 29.9 Å². The van der Waals surface area contributed by atoms with Gasteiger partial charge in [0.15, 0.2) is 5.96 Å². The predicted octanol–water partition coefficient (Wildman–Crippen LogP) is 4.11. The van der Waals surface area contributed by atoms with E-state index in [-0.39, 0.29) is 35.8 Å². The van der Waals surface area contributed by atoms with Crippen molar-refractivity contribution in [1.82, 2.24) is 10.6 Å². The third kappa shape index (κ3) is 7.32. The quantitative estimate of drug-likeness (QED) is 0.290. The molecule has 1 aliphatic rings. The molecule has 0 bridgehead atoms. The fourth-order valence-corrected chi connectivity index (χ4v) is 2.59. The molecule has 0 amide bonds. The van der Waals surface area contributed by atoms with Crippen LogP contribution in [0.1, 0.15) is 43.9 Å². The van der Waals surface area contributed by atoms with Crippen molar-refractivity contribution in [3.05, 3.63) is 46.8 Å². The predicted molar refractivity (Wildman–Crippen MR) is 112 cm³/mol. The zero-order valence-electron chi connectivity index (χ0n) is 15.3. The Bertz CT molecular complexity index is 604. The number of aliphatic imine (C=N–C) groups is 1. The highest BCUT2D eigenvalue weighted by Crippen LogP contribution is 2.16. The Balaban J connectivity index is 0.00000312. The van der Waals surface area contributed by atoms with Crippen LogP contribution in [0.3, 0.4) is 0 Å². The molecule has 0 aliphatic carbocycles. The van der Waals surface area contributed by atoms with Crippen LogP contribution in [0, 0.1) is 12.7 Å². The van der Waals surface area contributed by atoms with Crippen LogP contribution in [-0.4, -0.2) is 32.3 Å². The van der Waals surface area contributed by atoms with E-state index in [2.05, 4.69) is 21.7 Å². The standard InChI is InChI=1S/C19H28FN3O.HI/c1-4-21-19(22-10-7-16-8-11-24-12-9-16)23-15(3)17-6-5-14(2)18(20)13-17;/h5-6,8,13,15H,4,7,9-12H2,1-3H3,(H2,21,22,23);1H. The van der Waals surface area contributed by atoms with Crippen molar-refractivity contribution in [2.45, 2.75) is 39.7 Å². The number of nitrogens with zero attached hydrogens (tertiary/aromatic N) is 1. The van der Waals surface area contributed by atoms with Gasteiger partial charge in [-0.15, -0.1) is 24.0 Å². The Labute approximate surface area is 167 Å². The van der Waals surface area contributed by atoms with Gasteiger partial charge >= 0.3 is 0 Å². The first-order valence-electron chi connectivity index (χ1n) is 8.66. The normalized spacial score (nSPS) is 15.8. The number of halogens is 2.